The fourth-order valence-electron chi connectivity index (χ4n) is 4.85. The first-order valence-corrected chi connectivity index (χ1v) is 14.9. The number of thioether (sulfide) groups is 1. The molecule has 10 nitrogen and oxygen atoms in total. The molecule has 13 heteroatoms. The van der Waals surface area contributed by atoms with Crippen molar-refractivity contribution in [3.63, 3.8) is 0 Å². The molecule has 2 aliphatic heterocycles. The Morgan fingerprint density at radius 3 is 2.47 bits per heavy atom. The number of fused-ring (bicyclic) bond motifs is 2. The molecule has 0 bridgehead atoms. The van der Waals surface area contributed by atoms with Gasteiger partial charge in [-0.2, -0.15) is 0 Å². The molecule has 4 aromatic rings. The van der Waals surface area contributed by atoms with Crippen molar-refractivity contribution in [2.45, 2.75) is 13.5 Å². The number of para-hydroxylation sites is 1. The highest BCUT2D eigenvalue weighted by atomic mass is 79.9. The van der Waals surface area contributed by atoms with Crippen molar-refractivity contribution in [2.75, 3.05) is 24.0 Å². The van der Waals surface area contributed by atoms with Gasteiger partial charge in [-0.1, -0.05) is 29.8 Å². The van der Waals surface area contributed by atoms with Crippen molar-refractivity contribution in [1.82, 2.24) is 9.47 Å². The summed E-state index contributed by atoms with van der Waals surface area (Å²) in [6.45, 7) is 1.55. The SMILES string of the molecule is Cc1c(/C=C2\SC(=O)N(CC(=O)Nc3ccc(Br)c(Cl)c3)C2=O)c2ccccc2n1CC(=O)Nc1ccc2c(c1)OCO2. The number of aromatic nitrogens is 1. The van der Waals surface area contributed by atoms with Crippen molar-refractivity contribution in [2.24, 2.45) is 0 Å². The maximum absolute atomic E-state index is 13.2. The molecule has 43 heavy (non-hydrogen) atoms. The van der Waals surface area contributed by atoms with Crippen molar-refractivity contribution >= 4 is 90.6 Å². The minimum Gasteiger partial charge on any atom is -0.454 e. The van der Waals surface area contributed by atoms with E-state index in [1.54, 1.807) is 42.5 Å². The molecule has 6 rings (SSSR count). The van der Waals surface area contributed by atoms with Gasteiger partial charge in [0.25, 0.3) is 11.1 Å². The molecule has 1 aromatic heterocycles. The molecule has 3 heterocycles. The monoisotopic (exact) mass is 680 g/mol. The Morgan fingerprint density at radius 1 is 0.977 bits per heavy atom. The highest BCUT2D eigenvalue weighted by Gasteiger charge is 2.36. The van der Waals surface area contributed by atoms with Gasteiger partial charge < -0.3 is 24.7 Å². The predicted molar refractivity (Wildman–Crippen MR) is 168 cm³/mol. The Balaban J connectivity index is 1.21. The fourth-order valence-corrected chi connectivity index (χ4v) is 6.09. The first kappa shape index (κ1) is 28.8. The van der Waals surface area contributed by atoms with Crippen LogP contribution in [-0.4, -0.2) is 45.8 Å². The second kappa shape index (κ2) is 11.8. The van der Waals surface area contributed by atoms with E-state index >= 15 is 0 Å². The maximum atomic E-state index is 13.2. The van der Waals surface area contributed by atoms with Crippen LogP contribution in [0.2, 0.25) is 5.02 Å². The number of carbonyl (C=O) groups excluding carboxylic acids is 4. The Hall–Kier alpha value is -4.26. The average molecular weight is 682 g/mol. The maximum Gasteiger partial charge on any atom is 0.294 e. The van der Waals surface area contributed by atoms with Gasteiger partial charge in [0.1, 0.15) is 13.1 Å². The van der Waals surface area contributed by atoms with Crippen LogP contribution in [0.4, 0.5) is 16.2 Å². The van der Waals surface area contributed by atoms with Gasteiger partial charge in [0, 0.05) is 44.1 Å². The molecule has 0 radical (unpaired) electrons. The number of benzene rings is 3. The predicted octanol–water partition coefficient (Wildman–Crippen LogP) is 6.41. The molecule has 0 aliphatic carbocycles. The van der Waals surface area contributed by atoms with E-state index < -0.39 is 23.6 Å². The first-order valence-electron chi connectivity index (χ1n) is 13.0. The first-order chi connectivity index (χ1) is 20.7. The van der Waals surface area contributed by atoms with Gasteiger partial charge in [-0.25, -0.2) is 0 Å². The number of halogens is 2. The van der Waals surface area contributed by atoms with Crippen LogP contribution in [0, 0.1) is 6.92 Å². The molecule has 1 saturated heterocycles. The number of nitrogens with one attached hydrogen (secondary N) is 2. The summed E-state index contributed by atoms with van der Waals surface area (Å²) in [4.78, 5) is 52.8. The van der Waals surface area contributed by atoms with E-state index in [0.717, 1.165) is 33.3 Å². The van der Waals surface area contributed by atoms with Crippen LogP contribution < -0.4 is 20.1 Å². The molecule has 2 aliphatic rings. The number of hydrogen-bond donors (Lipinski definition) is 2. The number of hydrogen-bond acceptors (Lipinski definition) is 7. The number of nitrogens with zero attached hydrogens (tertiary/aromatic N) is 2. The van der Waals surface area contributed by atoms with E-state index in [0.29, 0.717) is 37.9 Å². The number of amides is 4. The number of carbonyl (C=O) groups is 4. The van der Waals surface area contributed by atoms with E-state index in [-0.39, 0.29) is 24.2 Å². The lowest BCUT2D eigenvalue weighted by Gasteiger charge is -2.12. The zero-order valence-electron chi connectivity index (χ0n) is 22.5. The van der Waals surface area contributed by atoms with Crippen LogP contribution in [-0.2, 0) is 20.9 Å². The number of imide groups is 1. The van der Waals surface area contributed by atoms with E-state index in [4.69, 9.17) is 21.1 Å². The van der Waals surface area contributed by atoms with Crippen molar-refractivity contribution in [3.8, 4) is 11.5 Å². The van der Waals surface area contributed by atoms with Crippen LogP contribution in [0.15, 0.2) is 70.0 Å². The van der Waals surface area contributed by atoms with Crippen LogP contribution >= 0.6 is 39.3 Å². The standard InChI is InChI=1S/C30H22BrClN4O6S/c1-16-20(12-26-29(39)36(30(40)43-26)14-28(38)33-17-6-8-21(31)22(32)10-17)19-4-2-3-5-23(19)35(16)13-27(37)34-18-7-9-24-25(11-18)42-15-41-24/h2-12H,13-15H2,1H3,(H,33,38)(H,34,37)/b26-12-. The Bertz CT molecular complexity index is 1870. The lowest BCUT2D eigenvalue weighted by Crippen LogP contribution is -2.36. The Labute approximate surface area is 263 Å². The van der Waals surface area contributed by atoms with Gasteiger partial charge in [-0.15, -0.1) is 0 Å². The van der Waals surface area contributed by atoms with Gasteiger partial charge in [0.05, 0.1) is 9.93 Å². The summed E-state index contributed by atoms with van der Waals surface area (Å²) in [7, 11) is 0. The van der Waals surface area contributed by atoms with Crippen molar-refractivity contribution in [1.29, 1.82) is 0 Å². The summed E-state index contributed by atoms with van der Waals surface area (Å²) in [6, 6.07) is 17.6. The lowest BCUT2D eigenvalue weighted by atomic mass is 10.1. The molecule has 3 aromatic carbocycles. The second-order valence-corrected chi connectivity index (χ2v) is 11.9. The molecule has 0 unspecified atom stereocenters. The highest BCUT2D eigenvalue weighted by Crippen LogP contribution is 2.37. The summed E-state index contributed by atoms with van der Waals surface area (Å²) < 4.78 is 13.2. The normalized spacial score (nSPS) is 15.0. The van der Waals surface area contributed by atoms with Gasteiger partial charge in [-0.3, -0.25) is 24.1 Å². The minimum atomic E-state index is -0.573. The topological polar surface area (TPSA) is 119 Å². The highest BCUT2D eigenvalue weighted by molar-refractivity contribution is 9.10. The fraction of sp³-hybridized carbons (Fsp3) is 0.133. The number of ether oxygens (including phenoxy) is 2. The van der Waals surface area contributed by atoms with Crippen molar-refractivity contribution < 1.29 is 28.7 Å². The molecular weight excluding hydrogens is 660 g/mol. The zero-order valence-corrected chi connectivity index (χ0v) is 25.6. The number of anilines is 2. The minimum absolute atomic E-state index is 0.0103. The molecule has 2 N–H and O–H groups in total. The number of rotatable bonds is 7. The smallest absolute Gasteiger partial charge is 0.294 e. The second-order valence-electron chi connectivity index (χ2n) is 9.66. The van der Waals surface area contributed by atoms with Crippen LogP contribution in [0.1, 0.15) is 11.3 Å². The van der Waals surface area contributed by atoms with Crippen LogP contribution in [0.3, 0.4) is 0 Å². The Kier molecular flexibility index (Phi) is 7.91. The van der Waals surface area contributed by atoms with E-state index in [1.165, 1.54) is 0 Å². The molecular formula is C30H22BrClN4O6S. The van der Waals surface area contributed by atoms with Gasteiger partial charge in [0.15, 0.2) is 11.5 Å². The molecule has 4 amide bonds. The summed E-state index contributed by atoms with van der Waals surface area (Å²) >= 11 is 10.1. The quantitative estimate of drug-likeness (QED) is 0.217. The summed E-state index contributed by atoms with van der Waals surface area (Å²) in [5.74, 6) is -0.187. The average Bonchev–Trinajstić information content (AvgIpc) is 3.63. The van der Waals surface area contributed by atoms with Crippen LogP contribution in [0.25, 0.3) is 17.0 Å². The van der Waals surface area contributed by atoms with Crippen molar-refractivity contribution in [3.05, 3.63) is 86.3 Å². The molecule has 0 atom stereocenters. The Morgan fingerprint density at radius 2 is 1.67 bits per heavy atom. The van der Waals surface area contributed by atoms with Gasteiger partial charge >= 0.3 is 0 Å². The third-order valence-corrected chi connectivity index (χ3v) is 9.03. The third kappa shape index (κ3) is 5.85. The van der Waals surface area contributed by atoms with E-state index in [9.17, 15) is 19.2 Å². The zero-order chi connectivity index (χ0) is 30.2. The molecule has 0 saturated carbocycles. The molecule has 1 fully saturated rings. The summed E-state index contributed by atoms with van der Waals surface area (Å²) in [5.41, 5.74) is 3.24. The molecule has 218 valence electrons. The third-order valence-electron chi connectivity index (χ3n) is 6.89. The van der Waals surface area contributed by atoms with E-state index in [1.807, 2.05) is 35.8 Å². The van der Waals surface area contributed by atoms with Gasteiger partial charge in [0.2, 0.25) is 18.6 Å². The van der Waals surface area contributed by atoms with Crippen LogP contribution in [0.5, 0.6) is 11.5 Å². The largest absolute Gasteiger partial charge is 0.454 e. The van der Waals surface area contributed by atoms with Gasteiger partial charge in [-0.05, 0) is 77.1 Å². The lowest BCUT2D eigenvalue weighted by molar-refractivity contribution is -0.127. The molecule has 0 spiro atoms. The summed E-state index contributed by atoms with van der Waals surface area (Å²) in [5, 5.41) is 6.21. The summed E-state index contributed by atoms with van der Waals surface area (Å²) in [6.07, 6.45) is 1.64. The van der Waals surface area contributed by atoms with E-state index in [2.05, 4.69) is 26.6 Å².